The van der Waals surface area contributed by atoms with E-state index in [0.29, 0.717) is 27.9 Å². The summed E-state index contributed by atoms with van der Waals surface area (Å²) in [6.45, 7) is 0. The van der Waals surface area contributed by atoms with Crippen molar-refractivity contribution in [3.63, 3.8) is 0 Å². The molecule has 1 amide bonds. The van der Waals surface area contributed by atoms with Crippen LogP contribution in [0.1, 0.15) is 33.6 Å². The molecule has 6 heteroatoms. The van der Waals surface area contributed by atoms with Crippen LogP contribution in [0.15, 0.2) is 42.5 Å². The van der Waals surface area contributed by atoms with E-state index in [1.807, 2.05) is 0 Å². The minimum atomic E-state index is -1.05. The Kier molecular flexibility index (Phi) is 3.95. The molecule has 1 aliphatic carbocycles. The molecular formula is C18H13NO5. The van der Waals surface area contributed by atoms with Gasteiger partial charge in [0.15, 0.2) is 0 Å². The number of rotatable bonds is 4. The van der Waals surface area contributed by atoms with E-state index in [2.05, 4.69) is 5.32 Å². The summed E-state index contributed by atoms with van der Waals surface area (Å²) < 4.78 is 0. The molecule has 0 fully saturated rings. The topological polar surface area (TPSA) is 101 Å². The second-order valence-corrected chi connectivity index (χ2v) is 5.41. The summed E-state index contributed by atoms with van der Waals surface area (Å²) in [5.41, 5.74) is 2.29. The molecule has 0 aliphatic heterocycles. The standard InChI is InChI=1S/C18H13NO5/c20-15(7-8-16(21)22)19-10-5-6-13-14(9-10)11-3-1-2-4-12(11)17(23)18(13)24/h1-6,9H,7-8H2,(H,19,20)(H,21,22). The van der Waals surface area contributed by atoms with Crippen molar-refractivity contribution in [2.24, 2.45) is 0 Å². The first-order chi connectivity index (χ1) is 11.5. The Hall–Kier alpha value is -3.28. The molecule has 0 heterocycles. The highest BCUT2D eigenvalue weighted by Crippen LogP contribution is 2.35. The molecular weight excluding hydrogens is 310 g/mol. The van der Waals surface area contributed by atoms with E-state index in [4.69, 9.17) is 5.11 Å². The maximum Gasteiger partial charge on any atom is 0.303 e. The van der Waals surface area contributed by atoms with E-state index in [1.54, 1.807) is 30.3 Å². The molecule has 0 saturated heterocycles. The molecule has 2 aromatic carbocycles. The number of amides is 1. The van der Waals surface area contributed by atoms with Crippen LogP contribution < -0.4 is 5.32 Å². The maximum absolute atomic E-state index is 12.2. The van der Waals surface area contributed by atoms with Gasteiger partial charge in [-0.25, -0.2) is 0 Å². The third kappa shape index (κ3) is 2.81. The summed E-state index contributed by atoms with van der Waals surface area (Å²) in [6.07, 6.45) is -0.396. The van der Waals surface area contributed by atoms with Crippen molar-refractivity contribution in [1.29, 1.82) is 0 Å². The molecule has 2 N–H and O–H groups in total. The number of carboxylic acid groups (broad SMARTS) is 1. The van der Waals surface area contributed by atoms with E-state index >= 15 is 0 Å². The van der Waals surface area contributed by atoms with Gasteiger partial charge in [0, 0.05) is 23.2 Å². The fraction of sp³-hybridized carbons (Fsp3) is 0.111. The zero-order chi connectivity index (χ0) is 17.3. The molecule has 24 heavy (non-hydrogen) atoms. The lowest BCUT2D eigenvalue weighted by atomic mass is 9.84. The molecule has 0 bridgehead atoms. The van der Waals surface area contributed by atoms with Crippen molar-refractivity contribution in [3.8, 4) is 11.1 Å². The molecule has 1 aliphatic rings. The number of Topliss-reactive ketones (excluding diaryl/α,β-unsaturated/α-hetero) is 2. The fourth-order valence-corrected chi connectivity index (χ4v) is 2.65. The van der Waals surface area contributed by atoms with Gasteiger partial charge < -0.3 is 10.4 Å². The van der Waals surface area contributed by atoms with Gasteiger partial charge in [-0.05, 0) is 29.3 Å². The highest BCUT2D eigenvalue weighted by atomic mass is 16.4. The second kappa shape index (κ2) is 6.08. The normalized spacial score (nSPS) is 12.3. The molecule has 0 radical (unpaired) electrons. The summed E-state index contributed by atoms with van der Waals surface area (Å²) in [5, 5.41) is 11.2. The molecule has 0 spiro atoms. The lowest BCUT2D eigenvalue weighted by molar-refractivity contribution is -0.138. The summed E-state index contributed by atoms with van der Waals surface area (Å²) in [7, 11) is 0. The van der Waals surface area contributed by atoms with Crippen LogP contribution in [0, 0.1) is 0 Å². The van der Waals surface area contributed by atoms with Crippen LogP contribution in [0.4, 0.5) is 5.69 Å². The van der Waals surface area contributed by atoms with Gasteiger partial charge in [0.25, 0.3) is 0 Å². The Balaban J connectivity index is 1.94. The SMILES string of the molecule is O=C(O)CCC(=O)Nc1ccc2c(c1)-c1ccccc1C(=O)C2=O. The largest absolute Gasteiger partial charge is 0.481 e. The van der Waals surface area contributed by atoms with E-state index in [1.165, 1.54) is 12.1 Å². The summed E-state index contributed by atoms with van der Waals surface area (Å²) in [6, 6.07) is 11.4. The van der Waals surface area contributed by atoms with Crippen LogP contribution in [0.25, 0.3) is 11.1 Å². The first-order valence-electron chi connectivity index (χ1n) is 7.31. The van der Waals surface area contributed by atoms with E-state index in [-0.39, 0.29) is 12.8 Å². The zero-order valence-electron chi connectivity index (χ0n) is 12.5. The number of hydrogen-bond donors (Lipinski definition) is 2. The minimum absolute atomic E-state index is 0.138. The Morgan fingerprint density at radius 1 is 0.833 bits per heavy atom. The molecule has 120 valence electrons. The van der Waals surface area contributed by atoms with Gasteiger partial charge in [-0.2, -0.15) is 0 Å². The maximum atomic E-state index is 12.2. The average Bonchev–Trinajstić information content (AvgIpc) is 2.58. The van der Waals surface area contributed by atoms with E-state index in [9.17, 15) is 19.2 Å². The predicted molar refractivity (Wildman–Crippen MR) is 86.0 cm³/mol. The van der Waals surface area contributed by atoms with E-state index < -0.39 is 23.4 Å². The summed E-state index contributed by atoms with van der Waals surface area (Å²) in [5.74, 6) is -2.60. The van der Waals surface area contributed by atoms with Gasteiger partial charge in [-0.3, -0.25) is 19.2 Å². The van der Waals surface area contributed by atoms with Crippen LogP contribution in [-0.2, 0) is 9.59 Å². The molecule has 0 unspecified atom stereocenters. The number of ketones is 2. The number of carbonyl (C=O) groups excluding carboxylic acids is 3. The summed E-state index contributed by atoms with van der Waals surface area (Å²) in [4.78, 5) is 46.6. The number of fused-ring (bicyclic) bond motifs is 3. The molecule has 6 nitrogen and oxygen atoms in total. The zero-order valence-corrected chi connectivity index (χ0v) is 12.5. The minimum Gasteiger partial charge on any atom is -0.481 e. The van der Waals surface area contributed by atoms with Gasteiger partial charge in [0.05, 0.1) is 6.42 Å². The lowest BCUT2D eigenvalue weighted by Gasteiger charge is -2.18. The van der Waals surface area contributed by atoms with Crippen molar-refractivity contribution in [1.82, 2.24) is 0 Å². The first-order valence-corrected chi connectivity index (χ1v) is 7.31. The number of anilines is 1. The Morgan fingerprint density at radius 2 is 1.46 bits per heavy atom. The Morgan fingerprint density at radius 3 is 2.12 bits per heavy atom. The van der Waals surface area contributed by atoms with Crippen molar-refractivity contribution < 1.29 is 24.3 Å². The highest BCUT2D eigenvalue weighted by Gasteiger charge is 2.30. The Labute approximate surface area is 137 Å². The van der Waals surface area contributed by atoms with Crippen LogP contribution in [0.2, 0.25) is 0 Å². The van der Waals surface area contributed by atoms with Gasteiger partial charge in [0.2, 0.25) is 17.5 Å². The van der Waals surface area contributed by atoms with Crippen LogP contribution >= 0.6 is 0 Å². The van der Waals surface area contributed by atoms with Gasteiger partial charge in [0.1, 0.15) is 0 Å². The average molecular weight is 323 g/mol. The van der Waals surface area contributed by atoms with E-state index in [0.717, 1.165) is 0 Å². The van der Waals surface area contributed by atoms with Crippen molar-refractivity contribution >= 4 is 29.1 Å². The summed E-state index contributed by atoms with van der Waals surface area (Å²) >= 11 is 0. The third-order valence-corrected chi connectivity index (χ3v) is 3.78. The number of nitrogens with one attached hydrogen (secondary N) is 1. The van der Waals surface area contributed by atoms with Crippen molar-refractivity contribution in [2.45, 2.75) is 12.8 Å². The number of hydrogen-bond acceptors (Lipinski definition) is 4. The van der Waals surface area contributed by atoms with Gasteiger partial charge in [-0.1, -0.05) is 24.3 Å². The van der Waals surface area contributed by atoms with Gasteiger partial charge >= 0.3 is 5.97 Å². The molecule has 0 saturated carbocycles. The monoisotopic (exact) mass is 323 g/mol. The number of benzene rings is 2. The molecule has 2 aromatic rings. The third-order valence-electron chi connectivity index (χ3n) is 3.78. The predicted octanol–water partition coefficient (Wildman–Crippen LogP) is 2.54. The Bertz CT molecular complexity index is 885. The lowest BCUT2D eigenvalue weighted by Crippen LogP contribution is -2.21. The molecule has 3 rings (SSSR count). The molecule has 0 aromatic heterocycles. The van der Waals surface area contributed by atoms with Gasteiger partial charge in [-0.15, -0.1) is 0 Å². The number of carboxylic acids is 1. The first kappa shape index (κ1) is 15.6. The van der Waals surface area contributed by atoms with Crippen LogP contribution in [-0.4, -0.2) is 28.5 Å². The van der Waals surface area contributed by atoms with Crippen molar-refractivity contribution in [3.05, 3.63) is 53.6 Å². The molecule has 0 atom stereocenters. The number of carbonyl (C=O) groups is 4. The van der Waals surface area contributed by atoms with Crippen LogP contribution in [0.5, 0.6) is 0 Å². The van der Waals surface area contributed by atoms with Crippen LogP contribution in [0.3, 0.4) is 0 Å². The van der Waals surface area contributed by atoms with Crippen molar-refractivity contribution in [2.75, 3.05) is 5.32 Å². The smallest absolute Gasteiger partial charge is 0.303 e. The fourth-order valence-electron chi connectivity index (χ4n) is 2.65. The number of aliphatic carboxylic acids is 1. The highest BCUT2D eigenvalue weighted by molar-refractivity contribution is 6.53. The quantitative estimate of drug-likeness (QED) is 0.842. The second-order valence-electron chi connectivity index (χ2n) is 5.41.